The molecule has 0 saturated heterocycles. The van der Waals surface area contributed by atoms with Crippen molar-refractivity contribution in [1.29, 1.82) is 0 Å². The fourth-order valence-corrected chi connectivity index (χ4v) is 2.69. The molecule has 4 nitrogen and oxygen atoms in total. The molecule has 1 aliphatic rings. The summed E-state index contributed by atoms with van der Waals surface area (Å²) >= 11 is 0. The monoisotopic (exact) mass is 282 g/mol. The zero-order valence-corrected chi connectivity index (χ0v) is 13.4. The highest BCUT2D eigenvalue weighted by molar-refractivity contribution is 5.81. The van der Waals surface area contributed by atoms with E-state index >= 15 is 0 Å². The molecule has 0 aliphatic heterocycles. The van der Waals surface area contributed by atoms with Gasteiger partial charge in [0.1, 0.15) is 0 Å². The molecular formula is C16H30N2O2. The lowest BCUT2D eigenvalue weighted by Gasteiger charge is -2.29. The van der Waals surface area contributed by atoms with Crippen LogP contribution in [0, 0.1) is 5.92 Å². The molecule has 0 bridgehead atoms. The lowest BCUT2D eigenvalue weighted by Crippen LogP contribution is -2.47. The third-order valence-corrected chi connectivity index (χ3v) is 4.61. The van der Waals surface area contributed by atoms with E-state index < -0.39 is 0 Å². The van der Waals surface area contributed by atoms with E-state index in [0.717, 1.165) is 38.5 Å². The van der Waals surface area contributed by atoms with Gasteiger partial charge in [0, 0.05) is 23.9 Å². The van der Waals surface area contributed by atoms with Gasteiger partial charge in [0.2, 0.25) is 11.8 Å². The molecule has 0 heterocycles. The first-order valence-electron chi connectivity index (χ1n) is 8.01. The van der Waals surface area contributed by atoms with Crippen LogP contribution in [0.25, 0.3) is 0 Å². The first-order valence-corrected chi connectivity index (χ1v) is 8.01. The number of hydrogen-bond acceptors (Lipinski definition) is 2. The van der Waals surface area contributed by atoms with Gasteiger partial charge < -0.3 is 10.6 Å². The molecule has 1 atom stereocenters. The van der Waals surface area contributed by atoms with Crippen molar-refractivity contribution in [3.63, 3.8) is 0 Å². The number of hydrogen-bond donors (Lipinski definition) is 2. The molecule has 0 aromatic carbocycles. The van der Waals surface area contributed by atoms with E-state index in [-0.39, 0.29) is 29.3 Å². The van der Waals surface area contributed by atoms with Crippen molar-refractivity contribution in [3.05, 3.63) is 0 Å². The minimum Gasteiger partial charge on any atom is -0.353 e. The van der Waals surface area contributed by atoms with Gasteiger partial charge in [-0.1, -0.05) is 26.7 Å². The Morgan fingerprint density at radius 3 is 2.25 bits per heavy atom. The van der Waals surface area contributed by atoms with E-state index in [4.69, 9.17) is 0 Å². The summed E-state index contributed by atoms with van der Waals surface area (Å²) in [5.74, 6) is 0.309. The summed E-state index contributed by atoms with van der Waals surface area (Å²) in [4.78, 5) is 24.0. The van der Waals surface area contributed by atoms with E-state index in [0.29, 0.717) is 6.42 Å². The molecule has 2 amide bonds. The van der Waals surface area contributed by atoms with Gasteiger partial charge in [-0.3, -0.25) is 9.59 Å². The van der Waals surface area contributed by atoms with E-state index in [2.05, 4.69) is 31.4 Å². The maximum atomic E-state index is 12.0. The van der Waals surface area contributed by atoms with Crippen LogP contribution in [-0.2, 0) is 9.59 Å². The molecule has 1 rings (SSSR count). The smallest absolute Gasteiger partial charge is 0.223 e. The van der Waals surface area contributed by atoms with Crippen LogP contribution in [0.5, 0.6) is 0 Å². The Bertz CT molecular complexity index is 331. The topological polar surface area (TPSA) is 58.2 Å². The van der Waals surface area contributed by atoms with E-state index in [9.17, 15) is 9.59 Å². The van der Waals surface area contributed by atoms with Gasteiger partial charge in [0.05, 0.1) is 0 Å². The minimum absolute atomic E-state index is 0.0235. The maximum absolute atomic E-state index is 12.0. The number of rotatable bonds is 7. The minimum atomic E-state index is -0.133. The second-order valence-electron chi connectivity index (χ2n) is 6.41. The van der Waals surface area contributed by atoms with Crippen molar-refractivity contribution in [3.8, 4) is 0 Å². The predicted molar refractivity (Wildman–Crippen MR) is 81.3 cm³/mol. The zero-order valence-electron chi connectivity index (χ0n) is 13.4. The Hall–Kier alpha value is -1.06. The maximum Gasteiger partial charge on any atom is 0.223 e. The molecule has 0 aromatic rings. The average molecular weight is 282 g/mol. The largest absolute Gasteiger partial charge is 0.353 e. The summed E-state index contributed by atoms with van der Waals surface area (Å²) in [6, 6.07) is -0.0962. The van der Waals surface area contributed by atoms with Gasteiger partial charge in [0.25, 0.3) is 0 Å². The quantitative estimate of drug-likeness (QED) is 0.754. The van der Waals surface area contributed by atoms with Crippen molar-refractivity contribution >= 4 is 11.8 Å². The van der Waals surface area contributed by atoms with E-state index in [1.54, 1.807) is 0 Å². The highest BCUT2D eigenvalue weighted by Gasteiger charge is 2.26. The Morgan fingerprint density at radius 1 is 1.20 bits per heavy atom. The Morgan fingerprint density at radius 2 is 1.75 bits per heavy atom. The third-order valence-electron chi connectivity index (χ3n) is 4.61. The summed E-state index contributed by atoms with van der Waals surface area (Å²) in [7, 11) is 0. The summed E-state index contributed by atoms with van der Waals surface area (Å²) in [5.41, 5.74) is -0.133. The van der Waals surface area contributed by atoms with Crippen LogP contribution in [0.15, 0.2) is 0 Å². The van der Waals surface area contributed by atoms with Crippen molar-refractivity contribution in [2.45, 2.75) is 84.2 Å². The molecule has 1 aliphatic carbocycles. The summed E-state index contributed by atoms with van der Waals surface area (Å²) in [5, 5.41) is 6.05. The second kappa shape index (κ2) is 7.65. The van der Waals surface area contributed by atoms with Crippen LogP contribution in [0.1, 0.15) is 72.6 Å². The standard InChI is InChI=1S/C16H30N2O2/c1-5-16(4,6-2)18-14(19)11-12(3)17-15(20)13-9-7-8-10-13/h12-13H,5-11H2,1-4H3,(H,17,20)(H,18,19)/t12-/m0/s1. The summed E-state index contributed by atoms with van der Waals surface area (Å²) < 4.78 is 0. The van der Waals surface area contributed by atoms with Crippen LogP contribution in [0.4, 0.5) is 0 Å². The van der Waals surface area contributed by atoms with Crippen LogP contribution in [0.3, 0.4) is 0 Å². The highest BCUT2D eigenvalue weighted by Crippen LogP contribution is 2.24. The van der Waals surface area contributed by atoms with Gasteiger partial charge >= 0.3 is 0 Å². The normalized spacial score (nSPS) is 17.8. The van der Waals surface area contributed by atoms with Crippen LogP contribution < -0.4 is 10.6 Å². The first-order chi connectivity index (χ1) is 9.40. The summed E-state index contributed by atoms with van der Waals surface area (Å²) in [6.07, 6.45) is 6.48. The number of carbonyl (C=O) groups is 2. The SMILES string of the molecule is CCC(C)(CC)NC(=O)C[C@H](C)NC(=O)C1CCCC1. The molecule has 0 radical (unpaired) electrons. The zero-order chi connectivity index (χ0) is 15.2. The Kier molecular flexibility index (Phi) is 6.50. The molecule has 1 fully saturated rings. The van der Waals surface area contributed by atoms with Gasteiger partial charge in [-0.25, -0.2) is 0 Å². The van der Waals surface area contributed by atoms with Crippen molar-refractivity contribution in [1.82, 2.24) is 10.6 Å². The number of carbonyl (C=O) groups excluding carboxylic acids is 2. The lowest BCUT2D eigenvalue weighted by molar-refractivity contribution is -0.126. The van der Waals surface area contributed by atoms with Gasteiger partial charge in [0.15, 0.2) is 0 Å². The van der Waals surface area contributed by atoms with E-state index in [1.807, 2.05) is 6.92 Å². The molecule has 116 valence electrons. The second-order valence-corrected chi connectivity index (χ2v) is 6.41. The molecule has 4 heteroatoms. The van der Waals surface area contributed by atoms with Crippen LogP contribution >= 0.6 is 0 Å². The first kappa shape index (κ1) is 17.0. The average Bonchev–Trinajstić information content (AvgIpc) is 2.92. The fraction of sp³-hybridized carbons (Fsp3) is 0.875. The highest BCUT2D eigenvalue weighted by atomic mass is 16.2. The third kappa shape index (κ3) is 5.14. The van der Waals surface area contributed by atoms with Crippen LogP contribution in [0.2, 0.25) is 0 Å². The van der Waals surface area contributed by atoms with Crippen molar-refractivity contribution in [2.24, 2.45) is 5.92 Å². The molecule has 2 N–H and O–H groups in total. The lowest BCUT2D eigenvalue weighted by atomic mass is 9.95. The van der Waals surface area contributed by atoms with Crippen LogP contribution in [-0.4, -0.2) is 23.4 Å². The predicted octanol–water partition coefficient (Wildman–Crippen LogP) is 2.77. The van der Waals surface area contributed by atoms with Crippen molar-refractivity contribution in [2.75, 3.05) is 0 Å². The number of nitrogens with one attached hydrogen (secondary N) is 2. The fourth-order valence-electron chi connectivity index (χ4n) is 2.69. The number of amides is 2. The molecule has 1 saturated carbocycles. The molecule has 0 unspecified atom stereocenters. The molecule has 0 spiro atoms. The Balaban J connectivity index is 2.35. The summed E-state index contributed by atoms with van der Waals surface area (Å²) in [6.45, 7) is 8.12. The van der Waals surface area contributed by atoms with Crippen molar-refractivity contribution < 1.29 is 9.59 Å². The van der Waals surface area contributed by atoms with Gasteiger partial charge in [-0.15, -0.1) is 0 Å². The molecule has 20 heavy (non-hydrogen) atoms. The molecule has 0 aromatic heterocycles. The van der Waals surface area contributed by atoms with Gasteiger partial charge in [-0.2, -0.15) is 0 Å². The van der Waals surface area contributed by atoms with E-state index in [1.165, 1.54) is 0 Å². The van der Waals surface area contributed by atoms with Gasteiger partial charge in [-0.05, 0) is 39.5 Å². The Labute approximate surface area is 123 Å². The molecular weight excluding hydrogens is 252 g/mol.